The van der Waals surface area contributed by atoms with Gasteiger partial charge in [0.1, 0.15) is 18.2 Å². The van der Waals surface area contributed by atoms with E-state index in [1.54, 1.807) is 11.9 Å². The van der Waals surface area contributed by atoms with Crippen molar-refractivity contribution < 1.29 is 14.9 Å². The summed E-state index contributed by atoms with van der Waals surface area (Å²) >= 11 is 7.64. The molecular formula is C28H32ClN3O3S. The van der Waals surface area contributed by atoms with E-state index >= 15 is 0 Å². The number of rotatable bonds is 11. The minimum Gasteiger partial charge on any atom is -0.492 e. The van der Waals surface area contributed by atoms with Crippen LogP contribution in [0.1, 0.15) is 31.7 Å². The number of aryl methyl sites for hydroxylation is 2. The molecule has 4 rings (SSSR count). The molecule has 190 valence electrons. The molecule has 2 N–H and O–H groups in total. The molecule has 0 saturated carbocycles. The third-order valence-corrected chi connectivity index (χ3v) is 6.99. The van der Waals surface area contributed by atoms with E-state index in [0.717, 1.165) is 46.0 Å². The average Bonchev–Trinajstić information content (AvgIpc) is 3.16. The predicted molar refractivity (Wildman–Crippen MR) is 148 cm³/mol. The number of hydrogen-bond acceptors (Lipinski definition) is 6. The van der Waals surface area contributed by atoms with Crippen molar-refractivity contribution in [3.05, 3.63) is 83.1 Å². The third kappa shape index (κ3) is 6.95. The largest absolute Gasteiger partial charge is 0.492 e. The fourth-order valence-electron chi connectivity index (χ4n) is 3.94. The van der Waals surface area contributed by atoms with Gasteiger partial charge in [0.15, 0.2) is 5.79 Å². The first kappa shape index (κ1) is 26.4. The average molecular weight is 526 g/mol. The van der Waals surface area contributed by atoms with Gasteiger partial charge >= 0.3 is 0 Å². The van der Waals surface area contributed by atoms with Gasteiger partial charge in [0.05, 0.1) is 24.1 Å². The van der Waals surface area contributed by atoms with Gasteiger partial charge in [-0.2, -0.15) is 0 Å². The quantitative estimate of drug-likeness (QED) is 0.178. The molecule has 0 saturated heterocycles. The topological polar surface area (TPSA) is 70.8 Å². The minimum atomic E-state index is -1.82. The monoisotopic (exact) mass is 525 g/mol. The molecular weight excluding hydrogens is 494 g/mol. The number of benzene rings is 3. The Morgan fingerprint density at radius 1 is 1.06 bits per heavy atom. The molecule has 6 nitrogen and oxygen atoms in total. The molecule has 0 unspecified atom stereocenters. The van der Waals surface area contributed by atoms with Gasteiger partial charge in [-0.1, -0.05) is 36.2 Å². The van der Waals surface area contributed by atoms with Crippen LogP contribution in [0.2, 0.25) is 5.02 Å². The van der Waals surface area contributed by atoms with Crippen LogP contribution in [-0.2, 0) is 13.0 Å². The van der Waals surface area contributed by atoms with Crippen LogP contribution in [0.5, 0.6) is 5.75 Å². The predicted octanol–water partition coefficient (Wildman–Crippen LogP) is 6.24. The zero-order valence-electron chi connectivity index (χ0n) is 20.8. The normalized spacial score (nSPS) is 11.7. The lowest BCUT2D eigenvalue weighted by Gasteiger charge is -2.24. The number of halogens is 1. The number of hydrogen-bond donors (Lipinski definition) is 2. The molecule has 36 heavy (non-hydrogen) atoms. The highest BCUT2D eigenvalue weighted by molar-refractivity contribution is 8.00. The van der Waals surface area contributed by atoms with E-state index in [1.165, 1.54) is 12.5 Å². The molecule has 0 amide bonds. The van der Waals surface area contributed by atoms with Gasteiger partial charge in [-0.3, -0.25) is 0 Å². The van der Waals surface area contributed by atoms with E-state index in [0.29, 0.717) is 18.2 Å². The Balaban J connectivity index is 1.62. The highest BCUT2D eigenvalue weighted by atomic mass is 35.5. The number of nitrogens with zero attached hydrogens (tertiary/aromatic N) is 3. The minimum absolute atomic E-state index is 0.0644. The molecule has 0 radical (unpaired) electrons. The van der Waals surface area contributed by atoms with E-state index in [1.807, 2.05) is 41.0 Å². The van der Waals surface area contributed by atoms with Gasteiger partial charge in [0.25, 0.3) is 0 Å². The summed E-state index contributed by atoms with van der Waals surface area (Å²) in [6.07, 6.45) is 1.68. The van der Waals surface area contributed by atoms with Crippen molar-refractivity contribution in [1.29, 1.82) is 0 Å². The Bertz CT molecular complexity index is 1280. The van der Waals surface area contributed by atoms with Gasteiger partial charge in [0.2, 0.25) is 0 Å². The Morgan fingerprint density at radius 3 is 2.44 bits per heavy atom. The Hall–Kier alpha value is -2.71. The van der Waals surface area contributed by atoms with E-state index in [4.69, 9.17) is 21.3 Å². The molecule has 0 aliphatic heterocycles. The van der Waals surface area contributed by atoms with Crippen molar-refractivity contribution in [3.63, 3.8) is 0 Å². The second-order valence-electron chi connectivity index (χ2n) is 9.06. The lowest BCUT2D eigenvalue weighted by molar-refractivity contribution is -0.154. The van der Waals surface area contributed by atoms with Crippen molar-refractivity contribution >= 4 is 40.3 Å². The van der Waals surface area contributed by atoms with Crippen LogP contribution in [0.15, 0.2) is 71.6 Å². The summed E-state index contributed by atoms with van der Waals surface area (Å²) < 4.78 is 10.1. The summed E-state index contributed by atoms with van der Waals surface area (Å²) in [6.45, 7) is 6.75. The first-order valence-electron chi connectivity index (χ1n) is 12.1. The Kier molecular flexibility index (Phi) is 8.46. The number of ether oxygens (including phenoxy) is 1. The maximum Gasteiger partial charge on any atom is 0.178 e. The zero-order valence-corrected chi connectivity index (χ0v) is 22.4. The van der Waals surface area contributed by atoms with Crippen molar-refractivity contribution in [2.75, 3.05) is 17.5 Å². The number of imidazole rings is 1. The smallest absolute Gasteiger partial charge is 0.178 e. The van der Waals surface area contributed by atoms with E-state index in [2.05, 4.69) is 48.5 Å². The Labute approximate surface area is 221 Å². The highest BCUT2D eigenvalue weighted by Crippen LogP contribution is 2.32. The Morgan fingerprint density at radius 2 is 1.78 bits per heavy atom. The summed E-state index contributed by atoms with van der Waals surface area (Å²) in [6, 6.07) is 21.9. The summed E-state index contributed by atoms with van der Waals surface area (Å²) in [5.74, 6) is -0.196. The number of aliphatic hydroxyl groups is 2. The SMILES string of the molecule is CCCc1nc2cc(N(CCOc3ccc(Cl)cc3)Sc3ccc(C)cc3)ccc2n1CC(C)(O)O. The second kappa shape index (κ2) is 11.6. The van der Waals surface area contributed by atoms with Crippen molar-refractivity contribution in [1.82, 2.24) is 9.55 Å². The molecule has 1 aromatic heterocycles. The summed E-state index contributed by atoms with van der Waals surface area (Å²) in [4.78, 5) is 5.97. The number of fused-ring (bicyclic) bond motifs is 1. The standard InChI is InChI=1S/C28H32ClN3O3S/c1-4-5-27-30-25-18-22(10-15-26(25)31(27)19-28(3,33)34)32(36-24-13-6-20(2)7-14-24)16-17-35-23-11-8-21(29)9-12-23/h6-15,18,33-34H,4-5,16-17,19H2,1-3H3. The molecule has 4 aromatic rings. The molecule has 0 bridgehead atoms. The van der Waals surface area contributed by atoms with Gasteiger partial charge in [-0.05, 0) is 86.8 Å². The van der Waals surface area contributed by atoms with Crippen LogP contribution in [0, 0.1) is 6.92 Å². The van der Waals surface area contributed by atoms with Crippen LogP contribution >= 0.6 is 23.5 Å². The van der Waals surface area contributed by atoms with E-state index in [-0.39, 0.29) is 6.54 Å². The molecule has 3 aromatic carbocycles. The summed E-state index contributed by atoms with van der Waals surface area (Å²) in [5, 5.41) is 20.8. The van der Waals surface area contributed by atoms with Crippen LogP contribution in [-0.4, -0.2) is 38.7 Å². The van der Waals surface area contributed by atoms with E-state index in [9.17, 15) is 10.2 Å². The molecule has 0 aliphatic rings. The van der Waals surface area contributed by atoms with Gasteiger partial charge in [0, 0.05) is 22.0 Å². The lowest BCUT2D eigenvalue weighted by atomic mass is 10.2. The molecule has 0 spiro atoms. The first-order valence-corrected chi connectivity index (χ1v) is 13.2. The number of anilines is 1. The summed E-state index contributed by atoms with van der Waals surface area (Å²) in [5.41, 5.74) is 3.92. The third-order valence-electron chi connectivity index (χ3n) is 5.64. The van der Waals surface area contributed by atoms with Gasteiger partial charge in [-0.15, -0.1) is 0 Å². The van der Waals surface area contributed by atoms with Crippen molar-refractivity contribution in [2.45, 2.75) is 50.8 Å². The highest BCUT2D eigenvalue weighted by Gasteiger charge is 2.21. The molecule has 0 aliphatic carbocycles. The van der Waals surface area contributed by atoms with Crippen LogP contribution in [0.3, 0.4) is 0 Å². The fourth-order valence-corrected chi connectivity index (χ4v) is 4.97. The molecule has 8 heteroatoms. The fraction of sp³-hybridized carbons (Fsp3) is 0.321. The molecule has 1 heterocycles. The van der Waals surface area contributed by atoms with Crippen LogP contribution in [0.4, 0.5) is 5.69 Å². The van der Waals surface area contributed by atoms with Crippen LogP contribution < -0.4 is 9.04 Å². The maximum atomic E-state index is 10.0. The lowest BCUT2D eigenvalue weighted by Crippen LogP contribution is -2.30. The van der Waals surface area contributed by atoms with E-state index < -0.39 is 5.79 Å². The molecule has 0 fully saturated rings. The van der Waals surface area contributed by atoms with Gasteiger partial charge in [-0.25, -0.2) is 4.98 Å². The number of aromatic nitrogens is 2. The second-order valence-corrected chi connectivity index (χ2v) is 10.6. The zero-order chi connectivity index (χ0) is 25.7. The maximum absolute atomic E-state index is 10.0. The summed E-state index contributed by atoms with van der Waals surface area (Å²) in [7, 11) is 0. The van der Waals surface area contributed by atoms with Crippen molar-refractivity contribution in [2.24, 2.45) is 0 Å². The van der Waals surface area contributed by atoms with Crippen LogP contribution in [0.25, 0.3) is 11.0 Å². The first-order chi connectivity index (χ1) is 17.2. The molecule has 0 atom stereocenters. The van der Waals surface area contributed by atoms with Crippen molar-refractivity contribution in [3.8, 4) is 5.75 Å². The van der Waals surface area contributed by atoms with Gasteiger partial charge < -0.3 is 23.8 Å².